The van der Waals surface area contributed by atoms with E-state index < -0.39 is 0 Å². The van der Waals surface area contributed by atoms with Crippen LogP contribution in [0.3, 0.4) is 0 Å². The summed E-state index contributed by atoms with van der Waals surface area (Å²) in [5.41, 5.74) is 0.774. The topological polar surface area (TPSA) is 0 Å². The van der Waals surface area contributed by atoms with Crippen molar-refractivity contribution in [2.24, 2.45) is 5.41 Å². The van der Waals surface area contributed by atoms with E-state index in [-0.39, 0.29) is 20.3 Å². The van der Waals surface area contributed by atoms with Crippen LogP contribution in [0.4, 0.5) is 0 Å². The van der Waals surface area contributed by atoms with Gasteiger partial charge in [0.05, 0.1) is 0 Å². The number of hydrogen-bond acceptors (Lipinski definition) is 0. The largest absolute Gasteiger partial charge is 1.00 e. The van der Waals surface area contributed by atoms with Crippen LogP contribution in [0.5, 0.6) is 0 Å². The zero-order chi connectivity index (χ0) is 14.5. The van der Waals surface area contributed by atoms with Gasteiger partial charge in [0.15, 0.2) is 0 Å². The van der Waals surface area contributed by atoms with E-state index >= 15 is 0 Å². The molecule has 21 heavy (non-hydrogen) atoms. The van der Waals surface area contributed by atoms with Crippen molar-refractivity contribution < 1.29 is 20.3 Å². The summed E-state index contributed by atoms with van der Waals surface area (Å²) >= 11 is 0. The van der Waals surface area contributed by atoms with Gasteiger partial charge in [-0.3, -0.25) is 0 Å². The molecule has 0 N–H and O–H groups in total. The molecule has 0 aromatic carbocycles. The maximum atomic E-state index is 2.32. The zero-order valence-electron chi connectivity index (χ0n) is 16.5. The standard InChI is InChI=1S/C20H40.Li.H/c1-3-5-7-9-12-16-20(18-14-11-15-19-20)17-13-10-8-6-4-2;;/h3-19H2,1-2H3;;/q;+1;-1. The molecule has 122 valence electrons. The fraction of sp³-hybridized carbons (Fsp3) is 1.00. The van der Waals surface area contributed by atoms with Crippen LogP contribution in [0.1, 0.15) is 124 Å². The molecular formula is C20H41Li. The Labute approximate surface area is 148 Å². The van der Waals surface area contributed by atoms with E-state index in [2.05, 4.69) is 13.8 Å². The van der Waals surface area contributed by atoms with Crippen molar-refractivity contribution in [3.8, 4) is 0 Å². The first-order valence-electron chi connectivity index (χ1n) is 9.83. The second-order valence-electron chi connectivity index (χ2n) is 7.39. The third-order valence-corrected chi connectivity index (χ3v) is 5.54. The number of unbranched alkanes of at least 4 members (excludes halogenated alkanes) is 8. The zero-order valence-corrected chi connectivity index (χ0v) is 15.5. The Hall–Kier alpha value is 0.597. The molecule has 0 saturated heterocycles. The molecule has 1 aliphatic rings. The summed E-state index contributed by atoms with van der Waals surface area (Å²) in [5.74, 6) is 0. The Balaban J connectivity index is 0. The Morgan fingerprint density at radius 2 is 1.05 bits per heavy atom. The van der Waals surface area contributed by atoms with Gasteiger partial charge in [-0.2, -0.15) is 0 Å². The van der Waals surface area contributed by atoms with Gasteiger partial charge in [-0.1, -0.05) is 97.3 Å². The molecule has 0 spiro atoms. The first-order valence-corrected chi connectivity index (χ1v) is 9.83. The molecule has 1 fully saturated rings. The molecule has 0 aromatic rings. The summed E-state index contributed by atoms with van der Waals surface area (Å²) in [6.45, 7) is 4.64. The van der Waals surface area contributed by atoms with Crippen molar-refractivity contribution in [1.82, 2.24) is 0 Å². The Bertz CT molecular complexity index is 196. The van der Waals surface area contributed by atoms with Gasteiger partial charge in [0.25, 0.3) is 0 Å². The molecule has 1 saturated carbocycles. The van der Waals surface area contributed by atoms with Gasteiger partial charge in [0.2, 0.25) is 0 Å². The summed E-state index contributed by atoms with van der Waals surface area (Å²) in [6.07, 6.45) is 25.3. The molecule has 0 aliphatic heterocycles. The molecule has 1 heteroatoms. The molecule has 1 aliphatic carbocycles. The van der Waals surface area contributed by atoms with Gasteiger partial charge in [0.1, 0.15) is 0 Å². The Morgan fingerprint density at radius 3 is 1.48 bits per heavy atom. The third kappa shape index (κ3) is 10.1. The van der Waals surface area contributed by atoms with E-state index in [4.69, 9.17) is 0 Å². The van der Waals surface area contributed by atoms with E-state index in [0.717, 1.165) is 5.41 Å². The smallest absolute Gasteiger partial charge is 1.00 e. The van der Waals surface area contributed by atoms with Crippen LogP contribution < -0.4 is 18.9 Å². The minimum atomic E-state index is 0. The van der Waals surface area contributed by atoms with E-state index in [1.165, 1.54) is 83.5 Å². The van der Waals surface area contributed by atoms with E-state index in [0.29, 0.717) is 0 Å². The van der Waals surface area contributed by atoms with Gasteiger partial charge >= 0.3 is 18.9 Å². The molecular weight excluding hydrogens is 247 g/mol. The quantitative estimate of drug-likeness (QED) is 0.358. The van der Waals surface area contributed by atoms with Crippen LogP contribution in [-0.2, 0) is 0 Å². The predicted octanol–water partition coefficient (Wildman–Crippen LogP) is 4.77. The number of hydrogen-bond donors (Lipinski definition) is 0. The minimum Gasteiger partial charge on any atom is -1.00 e. The summed E-state index contributed by atoms with van der Waals surface area (Å²) < 4.78 is 0. The SMILES string of the molecule is CCCCCCCC1(CCCCCCC)CCCCC1.[H-].[Li+]. The van der Waals surface area contributed by atoms with Crippen molar-refractivity contribution in [1.29, 1.82) is 0 Å². The summed E-state index contributed by atoms with van der Waals surface area (Å²) in [7, 11) is 0. The van der Waals surface area contributed by atoms with Gasteiger partial charge in [0, 0.05) is 0 Å². The van der Waals surface area contributed by atoms with E-state index in [9.17, 15) is 0 Å². The maximum Gasteiger partial charge on any atom is 1.00 e. The van der Waals surface area contributed by atoms with Crippen molar-refractivity contribution in [3.05, 3.63) is 0 Å². The average Bonchev–Trinajstić information content (AvgIpc) is 2.48. The molecule has 0 amide bonds. The molecule has 0 radical (unpaired) electrons. The monoisotopic (exact) mass is 288 g/mol. The van der Waals surface area contributed by atoms with Crippen molar-refractivity contribution >= 4 is 0 Å². The molecule has 0 nitrogen and oxygen atoms in total. The van der Waals surface area contributed by atoms with E-state index in [1.54, 1.807) is 25.7 Å². The Kier molecular flexibility index (Phi) is 14.6. The normalized spacial score (nSPS) is 17.4. The molecule has 0 heterocycles. The van der Waals surface area contributed by atoms with Crippen molar-refractivity contribution in [2.75, 3.05) is 0 Å². The molecule has 0 bridgehead atoms. The molecule has 0 aromatic heterocycles. The predicted molar refractivity (Wildman–Crippen MR) is 93.4 cm³/mol. The second kappa shape index (κ2) is 14.2. The van der Waals surface area contributed by atoms with Gasteiger partial charge in [-0.15, -0.1) is 0 Å². The fourth-order valence-corrected chi connectivity index (χ4v) is 4.13. The number of rotatable bonds is 12. The first kappa shape index (κ1) is 21.6. The first-order chi connectivity index (χ1) is 9.83. The second-order valence-corrected chi connectivity index (χ2v) is 7.39. The summed E-state index contributed by atoms with van der Waals surface area (Å²) in [6, 6.07) is 0. The van der Waals surface area contributed by atoms with E-state index in [1.807, 2.05) is 0 Å². The Morgan fingerprint density at radius 1 is 0.619 bits per heavy atom. The third-order valence-electron chi connectivity index (χ3n) is 5.54. The van der Waals surface area contributed by atoms with Gasteiger partial charge in [-0.25, -0.2) is 0 Å². The van der Waals surface area contributed by atoms with Crippen LogP contribution in [0, 0.1) is 5.41 Å². The summed E-state index contributed by atoms with van der Waals surface area (Å²) in [5, 5.41) is 0. The molecule has 0 unspecified atom stereocenters. The van der Waals surface area contributed by atoms with Crippen LogP contribution in [0.25, 0.3) is 0 Å². The van der Waals surface area contributed by atoms with Gasteiger partial charge < -0.3 is 1.43 Å². The van der Waals surface area contributed by atoms with Crippen LogP contribution in [0.15, 0.2) is 0 Å². The average molecular weight is 288 g/mol. The minimum absolute atomic E-state index is 0. The van der Waals surface area contributed by atoms with Crippen molar-refractivity contribution in [3.63, 3.8) is 0 Å². The molecule has 1 rings (SSSR count). The van der Waals surface area contributed by atoms with Crippen LogP contribution in [0.2, 0.25) is 0 Å². The summed E-state index contributed by atoms with van der Waals surface area (Å²) in [4.78, 5) is 0. The van der Waals surface area contributed by atoms with Crippen LogP contribution in [-0.4, -0.2) is 0 Å². The maximum absolute atomic E-state index is 2.32. The molecule has 0 atom stereocenters. The van der Waals surface area contributed by atoms with Crippen LogP contribution >= 0.6 is 0 Å². The van der Waals surface area contributed by atoms with Crippen molar-refractivity contribution in [2.45, 2.75) is 123 Å². The fourth-order valence-electron chi connectivity index (χ4n) is 4.13. The van der Waals surface area contributed by atoms with Gasteiger partial charge in [-0.05, 0) is 31.1 Å².